The minimum atomic E-state index is -0.562. The van der Waals surface area contributed by atoms with Gasteiger partial charge in [-0.05, 0) is 26.8 Å². The van der Waals surface area contributed by atoms with Gasteiger partial charge in [-0.1, -0.05) is 0 Å². The van der Waals surface area contributed by atoms with E-state index in [1.54, 1.807) is 11.9 Å². The minimum absolute atomic E-state index is 0.00889. The van der Waals surface area contributed by atoms with Crippen molar-refractivity contribution in [3.63, 3.8) is 0 Å². The SMILES string of the molecule is CNCC(=O)N1CCC[C@@]1(C)C=O. The molecule has 1 N–H and O–H groups in total. The molecule has 1 atom stereocenters. The van der Waals surface area contributed by atoms with Crippen molar-refractivity contribution < 1.29 is 9.59 Å². The molecule has 74 valence electrons. The molecule has 0 radical (unpaired) electrons. The summed E-state index contributed by atoms with van der Waals surface area (Å²) in [7, 11) is 1.73. The summed E-state index contributed by atoms with van der Waals surface area (Å²) in [5.74, 6) is 0.00889. The molecular formula is C9H16N2O2. The van der Waals surface area contributed by atoms with Crippen LogP contribution in [0.4, 0.5) is 0 Å². The maximum atomic E-state index is 11.5. The second-order valence-corrected chi connectivity index (χ2v) is 3.65. The summed E-state index contributed by atoms with van der Waals surface area (Å²) in [5, 5.41) is 2.80. The van der Waals surface area contributed by atoms with Crippen molar-refractivity contribution in [2.75, 3.05) is 20.1 Å². The highest BCUT2D eigenvalue weighted by Gasteiger charge is 2.38. The van der Waals surface area contributed by atoms with Gasteiger partial charge in [0.2, 0.25) is 5.91 Å². The van der Waals surface area contributed by atoms with Gasteiger partial charge in [0.25, 0.3) is 0 Å². The van der Waals surface area contributed by atoms with Crippen LogP contribution in [0, 0.1) is 0 Å². The van der Waals surface area contributed by atoms with Gasteiger partial charge in [0.15, 0.2) is 0 Å². The van der Waals surface area contributed by atoms with E-state index in [1.807, 2.05) is 6.92 Å². The van der Waals surface area contributed by atoms with Crippen LogP contribution < -0.4 is 5.32 Å². The Bertz CT molecular complexity index is 218. The van der Waals surface area contributed by atoms with Crippen molar-refractivity contribution in [3.05, 3.63) is 0 Å². The first-order chi connectivity index (χ1) is 6.14. The second-order valence-electron chi connectivity index (χ2n) is 3.65. The molecule has 1 amide bonds. The Labute approximate surface area is 78.3 Å². The molecule has 1 fully saturated rings. The number of rotatable bonds is 3. The van der Waals surface area contributed by atoms with Crippen molar-refractivity contribution in [2.45, 2.75) is 25.3 Å². The van der Waals surface area contributed by atoms with Crippen LogP contribution in [0.3, 0.4) is 0 Å². The molecule has 13 heavy (non-hydrogen) atoms. The van der Waals surface area contributed by atoms with Gasteiger partial charge < -0.3 is 15.0 Å². The lowest BCUT2D eigenvalue weighted by atomic mass is 10.0. The van der Waals surface area contributed by atoms with Crippen LogP contribution in [0.25, 0.3) is 0 Å². The van der Waals surface area contributed by atoms with Crippen LogP contribution in [0.1, 0.15) is 19.8 Å². The van der Waals surface area contributed by atoms with Crippen LogP contribution in [0.2, 0.25) is 0 Å². The maximum Gasteiger partial charge on any atom is 0.237 e. The van der Waals surface area contributed by atoms with E-state index < -0.39 is 5.54 Å². The molecule has 0 bridgehead atoms. The van der Waals surface area contributed by atoms with Crippen LogP contribution in [0.15, 0.2) is 0 Å². The van der Waals surface area contributed by atoms with Crippen molar-refractivity contribution in [1.29, 1.82) is 0 Å². The highest BCUT2D eigenvalue weighted by molar-refractivity contribution is 5.83. The third-order valence-electron chi connectivity index (χ3n) is 2.56. The average molecular weight is 184 g/mol. The number of amides is 1. The number of likely N-dealkylation sites (tertiary alicyclic amines) is 1. The average Bonchev–Trinajstić information content (AvgIpc) is 2.49. The Hall–Kier alpha value is -0.900. The van der Waals surface area contributed by atoms with E-state index in [1.165, 1.54) is 0 Å². The highest BCUT2D eigenvalue weighted by atomic mass is 16.2. The molecule has 0 unspecified atom stereocenters. The minimum Gasteiger partial charge on any atom is -0.329 e. The monoisotopic (exact) mass is 184 g/mol. The lowest BCUT2D eigenvalue weighted by Crippen LogP contribution is -2.48. The first kappa shape index (κ1) is 10.2. The molecule has 0 spiro atoms. The Balaban J connectivity index is 2.68. The van der Waals surface area contributed by atoms with E-state index in [9.17, 15) is 9.59 Å². The third-order valence-corrected chi connectivity index (χ3v) is 2.56. The zero-order chi connectivity index (χ0) is 9.90. The predicted molar refractivity (Wildman–Crippen MR) is 49.3 cm³/mol. The number of carbonyl (C=O) groups excluding carboxylic acids is 2. The fourth-order valence-electron chi connectivity index (χ4n) is 1.76. The summed E-state index contributed by atoms with van der Waals surface area (Å²) in [6, 6.07) is 0. The van der Waals surface area contributed by atoms with Gasteiger partial charge in [-0.3, -0.25) is 4.79 Å². The Morgan fingerprint density at radius 2 is 2.38 bits per heavy atom. The molecule has 0 aromatic rings. The molecule has 1 saturated heterocycles. The molecule has 0 aromatic heterocycles. The number of aldehydes is 1. The van der Waals surface area contributed by atoms with Gasteiger partial charge in [-0.15, -0.1) is 0 Å². The topological polar surface area (TPSA) is 49.4 Å². The number of carbonyl (C=O) groups is 2. The summed E-state index contributed by atoms with van der Waals surface area (Å²) >= 11 is 0. The number of nitrogens with zero attached hydrogens (tertiary/aromatic N) is 1. The quantitative estimate of drug-likeness (QED) is 0.617. The molecule has 4 heteroatoms. The van der Waals surface area contributed by atoms with Crippen LogP contribution in [-0.4, -0.2) is 42.8 Å². The molecule has 0 aromatic carbocycles. The first-order valence-corrected chi connectivity index (χ1v) is 4.55. The Morgan fingerprint density at radius 3 is 2.92 bits per heavy atom. The van der Waals surface area contributed by atoms with Crippen molar-refractivity contribution in [2.24, 2.45) is 0 Å². The standard InChI is InChI=1S/C9H16N2O2/c1-9(7-12)4-3-5-11(9)8(13)6-10-2/h7,10H,3-6H2,1-2H3/t9-/m0/s1. The van der Waals surface area contributed by atoms with E-state index in [-0.39, 0.29) is 5.91 Å². The fourth-order valence-corrected chi connectivity index (χ4v) is 1.76. The first-order valence-electron chi connectivity index (χ1n) is 4.55. The van der Waals surface area contributed by atoms with Gasteiger partial charge in [0, 0.05) is 6.54 Å². The largest absolute Gasteiger partial charge is 0.329 e. The van der Waals surface area contributed by atoms with Crippen molar-refractivity contribution in [1.82, 2.24) is 10.2 Å². The maximum absolute atomic E-state index is 11.5. The fraction of sp³-hybridized carbons (Fsp3) is 0.778. The summed E-state index contributed by atoms with van der Waals surface area (Å²) in [4.78, 5) is 24.0. The number of nitrogens with one attached hydrogen (secondary N) is 1. The molecular weight excluding hydrogens is 168 g/mol. The van der Waals surface area contributed by atoms with Crippen LogP contribution in [-0.2, 0) is 9.59 Å². The van der Waals surface area contributed by atoms with Crippen molar-refractivity contribution >= 4 is 12.2 Å². The summed E-state index contributed by atoms with van der Waals surface area (Å²) in [6.45, 7) is 2.83. The molecule has 0 saturated carbocycles. The van der Waals surface area contributed by atoms with Crippen LogP contribution in [0.5, 0.6) is 0 Å². The van der Waals surface area contributed by atoms with Gasteiger partial charge in [0.05, 0.1) is 12.1 Å². The highest BCUT2D eigenvalue weighted by Crippen LogP contribution is 2.26. The van der Waals surface area contributed by atoms with Crippen molar-refractivity contribution in [3.8, 4) is 0 Å². The van der Waals surface area contributed by atoms with Gasteiger partial charge >= 0.3 is 0 Å². The molecule has 4 nitrogen and oxygen atoms in total. The lowest BCUT2D eigenvalue weighted by molar-refractivity contribution is -0.137. The van der Waals surface area contributed by atoms with Gasteiger partial charge in [-0.25, -0.2) is 0 Å². The Kier molecular flexibility index (Phi) is 3.03. The van der Waals surface area contributed by atoms with E-state index in [0.29, 0.717) is 13.1 Å². The second kappa shape index (κ2) is 3.87. The Morgan fingerprint density at radius 1 is 1.69 bits per heavy atom. The van der Waals surface area contributed by atoms with E-state index in [2.05, 4.69) is 5.32 Å². The smallest absolute Gasteiger partial charge is 0.237 e. The van der Waals surface area contributed by atoms with E-state index in [0.717, 1.165) is 19.1 Å². The normalized spacial score (nSPS) is 27.7. The summed E-state index contributed by atoms with van der Waals surface area (Å²) in [5.41, 5.74) is -0.562. The number of hydrogen-bond acceptors (Lipinski definition) is 3. The molecule has 1 aliphatic rings. The predicted octanol–water partition coefficient (Wildman–Crippen LogP) is -0.214. The van der Waals surface area contributed by atoms with Gasteiger partial charge in [0.1, 0.15) is 6.29 Å². The summed E-state index contributed by atoms with van der Waals surface area (Å²) < 4.78 is 0. The summed E-state index contributed by atoms with van der Waals surface area (Å²) in [6.07, 6.45) is 2.59. The molecule has 1 rings (SSSR count). The molecule has 1 heterocycles. The van der Waals surface area contributed by atoms with Crippen LogP contribution >= 0.6 is 0 Å². The zero-order valence-electron chi connectivity index (χ0n) is 8.17. The van der Waals surface area contributed by atoms with E-state index >= 15 is 0 Å². The molecule has 1 aliphatic heterocycles. The third kappa shape index (κ3) is 1.88. The van der Waals surface area contributed by atoms with Gasteiger partial charge in [-0.2, -0.15) is 0 Å². The number of likely N-dealkylation sites (N-methyl/N-ethyl adjacent to an activating group) is 1. The molecule has 0 aliphatic carbocycles. The number of hydrogen-bond donors (Lipinski definition) is 1. The lowest BCUT2D eigenvalue weighted by Gasteiger charge is -2.29. The zero-order valence-corrected chi connectivity index (χ0v) is 8.17. The van der Waals surface area contributed by atoms with E-state index in [4.69, 9.17) is 0 Å².